The van der Waals surface area contributed by atoms with Crippen LogP contribution >= 0.6 is 0 Å². The summed E-state index contributed by atoms with van der Waals surface area (Å²) in [4.78, 5) is 26.3. The molecule has 0 aliphatic carbocycles. The van der Waals surface area contributed by atoms with E-state index in [1.807, 2.05) is 35.2 Å². The monoisotopic (exact) mass is 316 g/mol. The van der Waals surface area contributed by atoms with Crippen molar-refractivity contribution in [2.45, 2.75) is 25.3 Å². The van der Waals surface area contributed by atoms with Crippen molar-refractivity contribution in [3.05, 3.63) is 30.3 Å². The molecule has 0 radical (unpaired) electrons. The summed E-state index contributed by atoms with van der Waals surface area (Å²) in [7, 11) is 0. The van der Waals surface area contributed by atoms with E-state index in [-0.39, 0.29) is 23.9 Å². The predicted molar refractivity (Wildman–Crippen MR) is 89.2 cm³/mol. The zero-order valence-electron chi connectivity index (χ0n) is 13.3. The van der Waals surface area contributed by atoms with E-state index in [0.29, 0.717) is 0 Å². The number of carbonyl (C=O) groups excluding carboxylic acids is 2. The number of piperidine rings is 1. The molecule has 2 aliphatic heterocycles. The lowest BCUT2D eigenvalue weighted by Gasteiger charge is -2.33. The number of nitrogens with zero attached hydrogens (tertiary/aromatic N) is 1. The molecule has 6 heteroatoms. The van der Waals surface area contributed by atoms with Gasteiger partial charge < -0.3 is 20.9 Å². The molecule has 2 fully saturated rings. The molecular formula is C17H24N4O2. The van der Waals surface area contributed by atoms with Gasteiger partial charge in [0.2, 0.25) is 5.91 Å². The average Bonchev–Trinajstić information content (AvgIpc) is 3.10. The summed E-state index contributed by atoms with van der Waals surface area (Å²) in [5.74, 6) is 0.406. The third kappa shape index (κ3) is 4.22. The Labute approximate surface area is 136 Å². The van der Waals surface area contributed by atoms with Gasteiger partial charge in [0, 0.05) is 31.4 Å². The number of para-hydroxylation sites is 1. The Hall–Kier alpha value is -2.08. The molecule has 0 spiro atoms. The van der Waals surface area contributed by atoms with Gasteiger partial charge in [-0.15, -0.1) is 0 Å². The van der Waals surface area contributed by atoms with E-state index in [1.165, 1.54) is 0 Å². The first-order valence-electron chi connectivity index (χ1n) is 8.34. The third-order valence-corrected chi connectivity index (χ3v) is 4.58. The Bertz CT molecular complexity index is 535. The fourth-order valence-corrected chi connectivity index (χ4v) is 3.24. The molecule has 23 heavy (non-hydrogen) atoms. The van der Waals surface area contributed by atoms with E-state index >= 15 is 0 Å². The van der Waals surface area contributed by atoms with Crippen LogP contribution in [-0.2, 0) is 4.79 Å². The van der Waals surface area contributed by atoms with Crippen molar-refractivity contribution in [2.75, 3.05) is 31.5 Å². The summed E-state index contributed by atoms with van der Waals surface area (Å²) < 4.78 is 0. The van der Waals surface area contributed by atoms with Crippen LogP contribution in [0.2, 0.25) is 0 Å². The highest BCUT2D eigenvalue weighted by atomic mass is 16.2. The van der Waals surface area contributed by atoms with Gasteiger partial charge in [0.25, 0.3) is 0 Å². The number of hydrogen-bond acceptors (Lipinski definition) is 3. The van der Waals surface area contributed by atoms with Gasteiger partial charge >= 0.3 is 6.03 Å². The zero-order valence-corrected chi connectivity index (χ0v) is 13.3. The van der Waals surface area contributed by atoms with E-state index in [2.05, 4.69) is 16.0 Å². The quantitative estimate of drug-likeness (QED) is 0.789. The van der Waals surface area contributed by atoms with Gasteiger partial charge in [-0.05, 0) is 37.9 Å². The second kappa shape index (κ2) is 7.46. The SMILES string of the molecule is O=C(Nc1ccccc1)NC1CCN(C(=O)C2CCNC2)CC1. The molecule has 3 N–H and O–H groups in total. The topological polar surface area (TPSA) is 73.5 Å². The maximum Gasteiger partial charge on any atom is 0.319 e. The summed E-state index contributed by atoms with van der Waals surface area (Å²) in [6.07, 6.45) is 2.57. The molecule has 6 nitrogen and oxygen atoms in total. The molecule has 3 amide bonds. The number of amides is 3. The maximum atomic E-state index is 12.4. The standard InChI is InChI=1S/C17H24N4O2/c22-16(13-6-9-18-12-13)21-10-7-15(8-11-21)20-17(23)19-14-4-2-1-3-5-14/h1-5,13,15,18H,6-12H2,(H2,19,20,23). The van der Waals surface area contributed by atoms with Crippen molar-refractivity contribution in [3.8, 4) is 0 Å². The minimum absolute atomic E-state index is 0.129. The molecule has 2 saturated heterocycles. The van der Waals surface area contributed by atoms with E-state index < -0.39 is 0 Å². The van der Waals surface area contributed by atoms with Gasteiger partial charge in [0.15, 0.2) is 0 Å². The molecule has 2 aliphatic rings. The Balaban J connectivity index is 1.42. The van der Waals surface area contributed by atoms with E-state index in [9.17, 15) is 9.59 Å². The van der Waals surface area contributed by atoms with Crippen LogP contribution in [0.5, 0.6) is 0 Å². The normalized spacial score (nSPS) is 21.9. The number of carbonyl (C=O) groups is 2. The molecule has 0 aromatic heterocycles. The molecule has 1 unspecified atom stereocenters. The van der Waals surface area contributed by atoms with Gasteiger partial charge in [0.1, 0.15) is 0 Å². The minimum Gasteiger partial charge on any atom is -0.342 e. The van der Waals surface area contributed by atoms with E-state index in [0.717, 1.165) is 51.1 Å². The van der Waals surface area contributed by atoms with Crippen LogP contribution in [0.4, 0.5) is 10.5 Å². The number of hydrogen-bond donors (Lipinski definition) is 3. The van der Waals surface area contributed by atoms with E-state index in [4.69, 9.17) is 0 Å². The fraction of sp³-hybridized carbons (Fsp3) is 0.529. The molecule has 0 saturated carbocycles. The average molecular weight is 316 g/mol. The number of urea groups is 1. The molecule has 0 bridgehead atoms. The van der Waals surface area contributed by atoms with Crippen LogP contribution in [0.25, 0.3) is 0 Å². The lowest BCUT2D eigenvalue weighted by atomic mass is 10.0. The highest BCUT2D eigenvalue weighted by Gasteiger charge is 2.30. The van der Waals surface area contributed by atoms with Crippen LogP contribution in [-0.4, -0.2) is 49.1 Å². The number of anilines is 1. The van der Waals surface area contributed by atoms with Gasteiger partial charge in [-0.1, -0.05) is 18.2 Å². The Morgan fingerprint density at radius 2 is 1.83 bits per heavy atom. The molecule has 1 atom stereocenters. The van der Waals surface area contributed by atoms with Crippen LogP contribution < -0.4 is 16.0 Å². The second-order valence-corrected chi connectivity index (χ2v) is 6.25. The summed E-state index contributed by atoms with van der Waals surface area (Å²) >= 11 is 0. The largest absolute Gasteiger partial charge is 0.342 e. The summed E-state index contributed by atoms with van der Waals surface area (Å²) in [5.41, 5.74) is 0.784. The van der Waals surface area contributed by atoms with Crippen LogP contribution in [0.3, 0.4) is 0 Å². The third-order valence-electron chi connectivity index (χ3n) is 4.58. The number of nitrogens with one attached hydrogen (secondary N) is 3. The maximum absolute atomic E-state index is 12.4. The summed E-state index contributed by atoms with van der Waals surface area (Å²) in [5, 5.41) is 9.06. The van der Waals surface area contributed by atoms with Gasteiger partial charge in [-0.25, -0.2) is 4.79 Å². The molecule has 2 heterocycles. The van der Waals surface area contributed by atoms with Crippen LogP contribution in [0.15, 0.2) is 30.3 Å². The molecule has 1 aromatic carbocycles. The van der Waals surface area contributed by atoms with Crippen molar-refractivity contribution in [2.24, 2.45) is 5.92 Å². The van der Waals surface area contributed by atoms with Crippen molar-refractivity contribution in [1.82, 2.24) is 15.5 Å². The number of benzene rings is 1. The Morgan fingerprint density at radius 3 is 2.48 bits per heavy atom. The molecular weight excluding hydrogens is 292 g/mol. The molecule has 3 rings (SSSR count). The molecule has 124 valence electrons. The predicted octanol–water partition coefficient (Wildman–Crippen LogP) is 1.41. The van der Waals surface area contributed by atoms with E-state index in [1.54, 1.807) is 0 Å². The molecule has 1 aromatic rings. The lowest BCUT2D eigenvalue weighted by Crippen LogP contribution is -2.49. The zero-order chi connectivity index (χ0) is 16.1. The van der Waals surface area contributed by atoms with Crippen molar-refractivity contribution in [1.29, 1.82) is 0 Å². The van der Waals surface area contributed by atoms with Gasteiger partial charge in [-0.3, -0.25) is 4.79 Å². The summed E-state index contributed by atoms with van der Waals surface area (Å²) in [6.45, 7) is 3.20. The fourth-order valence-electron chi connectivity index (χ4n) is 3.24. The first kappa shape index (κ1) is 15.8. The highest BCUT2D eigenvalue weighted by Crippen LogP contribution is 2.17. The van der Waals surface area contributed by atoms with Crippen LogP contribution in [0.1, 0.15) is 19.3 Å². The van der Waals surface area contributed by atoms with Gasteiger partial charge in [-0.2, -0.15) is 0 Å². The Morgan fingerprint density at radius 1 is 1.09 bits per heavy atom. The van der Waals surface area contributed by atoms with Crippen molar-refractivity contribution < 1.29 is 9.59 Å². The smallest absolute Gasteiger partial charge is 0.319 e. The number of rotatable bonds is 3. The van der Waals surface area contributed by atoms with Crippen LogP contribution in [0, 0.1) is 5.92 Å². The Kier molecular flexibility index (Phi) is 5.12. The first-order chi connectivity index (χ1) is 11.2. The summed E-state index contributed by atoms with van der Waals surface area (Å²) in [6, 6.07) is 9.35. The van der Waals surface area contributed by atoms with Crippen molar-refractivity contribution >= 4 is 17.6 Å². The van der Waals surface area contributed by atoms with Crippen molar-refractivity contribution in [3.63, 3.8) is 0 Å². The minimum atomic E-state index is -0.180. The second-order valence-electron chi connectivity index (χ2n) is 6.25. The first-order valence-corrected chi connectivity index (χ1v) is 8.34. The number of likely N-dealkylation sites (tertiary alicyclic amines) is 1. The highest BCUT2D eigenvalue weighted by molar-refractivity contribution is 5.89. The van der Waals surface area contributed by atoms with Gasteiger partial charge in [0.05, 0.1) is 5.92 Å². The lowest BCUT2D eigenvalue weighted by molar-refractivity contribution is -0.136.